The predicted octanol–water partition coefficient (Wildman–Crippen LogP) is 4.93. The Kier molecular flexibility index (Phi) is 5.71. The summed E-state index contributed by atoms with van der Waals surface area (Å²) in [5, 5.41) is 0. The van der Waals surface area contributed by atoms with Crippen LogP contribution in [0.15, 0.2) is 72.5 Å². The van der Waals surface area contributed by atoms with Crippen LogP contribution in [0.25, 0.3) is 6.08 Å². The third-order valence-electron chi connectivity index (χ3n) is 4.67. The van der Waals surface area contributed by atoms with Crippen LogP contribution in [0, 0.1) is 0 Å². The molecule has 0 N–H and O–H groups in total. The van der Waals surface area contributed by atoms with Gasteiger partial charge < -0.3 is 18.9 Å². The van der Waals surface area contributed by atoms with E-state index < -0.39 is 5.97 Å². The van der Waals surface area contributed by atoms with E-state index in [0.29, 0.717) is 40.7 Å². The number of carbonyl (C=O) groups is 2. The summed E-state index contributed by atoms with van der Waals surface area (Å²) in [6, 6.07) is 18.6. The minimum Gasteiger partial charge on any atom is -0.497 e. The summed E-state index contributed by atoms with van der Waals surface area (Å²) in [5.74, 6) is 1.76. The van der Waals surface area contributed by atoms with Crippen molar-refractivity contribution >= 4 is 17.8 Å². The van der Waals surface area contributed by atoms with E-state index in [0.717, 1.165) is 5.56 Å². The van der Waals surface area contributed by atoms with Crippen molar-refractivity contribution in [3.05, 3.63) is 89.2 Å². The number of ether oxygens (including phenoxy) is 4. The van der Waals surface area contributed by atoms with E-state index in [1.54, 1.807) is 79.9 Å². The van der Waals surface area contributed by atoms with Crippen molar-refractivity contribution in [2.75, 3.05) is 13.7 Å². The quantitative estimate of drug-likeness (QED) is 0.322. The second-order valence-electron chi connectivity index (χ2n) is 6.72. The van der Waals surface area contributed by atoms with Gasteiger partial charge in [-0.2, -0.15) is 0 Å². The van der Waals surface area contributed by atoms with Gasteiger partial charge in [-0.15, -0.1) is 0 Å². The second-order valence-corrected chi connectivity index (χ2v) is 6.72. The molecule has 3 aromatic carbocycles. The highest BCUT2D eigenvalue weighted by Crippen LogP contribution is 2.35. The second kappa shape index (κ2) is 8.75. The van der Waals surface area contributed by atoms with Crippen molar-refractivity contribution in [1.29, 1.82) is 0 Å². The molecule has 0 bridgehead atoms. The van der Waals surface area contributed by atoms with Crippen molar-refractivity contribution < 1.29 is 28.5 Å². The molecule has 0 aromatic heterocycles. The maximum absolute atomic E-state index is 12.6. The van der Waals surface area contributed by atoms with Gasteiger partial charge in [-0.25, -0.2) is 4.79 Å². The van der Waals surface area contributed by atoms with Gasteiger partial charge in [-0.05, 0) is 67.1 Å². The number of allylic oxidation sites excluding steroid dienone is 1. The van der Waals surface area contributed by atoms with Crippen LogP contribution in [0.1, 0.15) is 33.2 Å². The molecule has 0 saturated heterocycles. The van der Waals surface area contributed by atoms with Crippen molar-refractivity contribution in [3.63, 3.8) is 0 Å². The number of ketones is 1. The molecule has 6 nitrogen and oxygen atoms in total. The zero-order valence-electron chi connectivity index (χ0n) is 17.1. The van der Waals surface area contributed by atoms with Gasteiger partial charge in [-0.3, -0.25) is 4.79 Å². The van der Waals surface area contributed by atoms with Gasteiger partial charge in [0, 0.05) is 6.07 Å². The van der Waals surface area contributed by atoms with Gasteiger partial charge in [0.05, 0.1) is 24.8 Å². The Morgan fingerprint density at radius 2 is 1.61 bits per heavy atom. The summed E-state index contributed by atoms with van der Waals surface area (Å²) in [6.45, 7) is 2.42. The van der Waals surface area contributed by atoms with Crippen molar-refractivity contribution in [2.45, 2.75) is 6.92 Å². The minimum absolute atomic E-state index is 0.187. The van der Waals surface area contributed by atoms with Gasteiger partial charge in [-0.1, -0.05) is 12.1 Å². The molecule has 156 valence electrons. The highest BCUT2D eigenvalue weighted by molar-refractivity contribution is 6.14. The van der Waals surface area contributed by atoms with E-state index in [1.165, 1.54) is 0 Å². The number of benzene rings is 3. The molecule has 0 aliphatic carbocycles. The normalized spacial score (nSPS) is 13.5. The lowest BCUT2D eigenvalue weighted by Crippen LogP contribution is -2.08. The standard InChI is InChI=1S/C25H20O6/c1-3-29-20-12-13-21-22(15-20)31-23(24(21)26)14-16-4-8-19(9-5-16)30-25(27)17-6-10-18(28-2)11-7-17/h4-15H,3H2,1-2H3/b23-14-. The molecule has 0 spiro atoms. The first kappa shape index (κ1) is 20.2. The van der Waals surface area contributed by atoms with Crippen LogP contribution in [0.2, 0.25) is 0 Å². The molecule has 1 aliphatic heterocycles. The predicted molar refractivity (Wildman–Crippen MR) is 115 cm³/mol. The molecule has 3 aromatic rings. The Hall–Kier alpha value is -4.06. The molecule has 4 rings (SSSR count). The number of methoxy groups -OCH3 is 1. The highest BCUT2D eigenvalue weighted by Gasteiger charge is 2.27. The maximum atomic E-state index is 12.6. The average Bonchev–Trinajstić information content (AvgIpc) is 3.10. The van der Waals surface area contributed by atoms with E-state index >= 15 is 0 Å². The first-order chi connectivity index (χ1) is 15.1. The lowest BCUT2D eigenvalue weighted by atomic mass is 10.1. The third-order valence-corrected chi connectivity index (χ3v) is 4.67. The Labute approximate surface area is 179 Å². The van der Waals surface area contributed by atoms with E-state index in [1.807, 2.05) is 6.92 Å². The van der Waals surface area contributed by atoms with Crippen LogP contribution in [-0.4, -0.2) is 25.5 Å². The zero-order chi connectivity index (χ0) is 21.8. The lowest BCUT2D eigenvalue weighted by Gasteiger charge is -2.06. The van der Waals surface area contributed by atoms with Gasteiger partial charge in [0.15, 0.2) is 5.76 Å². The lowest BCUT2D eigenvalue weighted by molar-refractivity contribution is 0.0734. The number of Topliss-reactive ketones (excluding diaryl/α,β-unsaturated/α-hetero) is 1. The minimum atomic E-state index is -0.469. The molecule has 0 radical (unpaired) electrons. The summed E-state index contributed by atoms with van der Waals surface area (Å²) in [5.41, 5.74) is 1.66. The fourth-order valence-electron chi connectivity index (χ4n) is 3.10. The van der Waals surface area contributed by atoms with Gasteiger partial charge in [0.2, 0.25) is 5.78 Å². The summed E-state index contributed by atoms with van der Waals surface area (Å²) >= 11 is 0. The van der Waals surface area contributed by atoms with Crippen LogP contribution in [0.4, 0.5) is 0 Å². The molecule has 1 aliphatic rings. The number of fused-ring (bicyclic) bond motifs is 1. The molecule has 0 unspecified atom stereocenters. The van der Waals surface area contributed by atoms with Gasteiger partial charge in [0.1, 0.15) is 23.0 Å². The highest BCUT2D eigenvalue weighted by atomic mass is 16.5. The largest absolute Gasteiger partial charge is 0.497 e. The monoisotopic (exact) mass is 416 g/mol. The van der Waals surface area contributed by atoms with E-state index in [2.05, 4.69) is 0 Å². The average molecular weight is 416 g/mol. The van der Waals surface area contributed by atoms with Crippen molar-refractivity contribution in [1.82, 2.24) is 0 Å². The topological polar surface area (TPSA) is 71.1 Å². The molecule has 0 fully saturated rings. The molecular formula is C25H20O6. The molecule has 1 heterocycles. The van der Waals surface area contributed by atoms with Crippen LogP contribution in [0.3, 0.4) is 0 Å². The van der Waals surface area contributed by atoms with Crippen LogP contribution < -0.4 is 18.9 Å². The fourth-order valence-corrected chi connectivity index (χ4v) is 3.10. The Morgan fingerprint density at radius 1 is 0.935 bits per heavy atom. The van der Waals surface area contributed by atoms with Gasteiger partial charge in [0.25, 0.3) is 0 Å². The first-order valence-corrected chi connectivity index (χ1v) is 9.75. The summed E-state index contributed by atoms with van der Waals surface area (Å²) in [6.07, 6.45) is 1.65. The molecule has 0 amide bonds. The summed E-state index contributed by atoms with van der Waals surface area (Å²) < 4.78 is 21.6. The van der Waals surface area contributed by atoms with E-state index in [9.17, 15) is 9.59 Å². The Bertz CT molecular complexity index is 1140. The van der Waals surface area contributed by atoms with Crippen LogP contribution >= 0.6 is 0 Å². The zero-order valence-corrected chi connectivity index (χ0v) is 17.1. The number of rotatable bonds is 6. The Balaban J connectivity index is 1.45. The number of carbonyl (C=O) groups excluding carboxylic acids is 2. The SMILES string of the molecule is CCOc1ccc2c(c1)O/C(=C\c1ccc(OC(=O)c3ccc(OC)cc3)cc1)C2=O. The van der Waals surface area contributed by atoms with Crippen LogP contribution in [-0.2, 0) is 0 Å². The van der Waals surface area contributed by atoms with E-state index in [4.69, 9.17) is 18.9 Å². The summed E-state index contributed by atoms with van der Waals surface area (Å²) in [7, 11) is 1.56. The molecule has 31 heavy (non-hydrogen) atoms. The molecule has 6 heteroatoms. The number of hydrogen-bond acceptors (Lipinski definition) is 6. The molecule has 0 saturated carbocycles. The number of hydrogen-bond donors (Lipinski definition) is 0. The third kappa shape index (κ3) is 4.43. The van der Waals surface area contributed by atoms with E-state index in [-0.39, 0.29) is 11.5 Å². The van der Waals surface area contributed by atoms with Crippen molar-refractivity contribution in [2.24, 2.45) is 0 Å². The van der Waals surface area contributed by atoms with Crippen molar-refractivity contribution in [3.8, 4) is 23.0 Å². The fraction of sp³-hybridized carbons (Fsp3) is 0.120. The maximum Gasteiger partial charge on any atom is 0.343 e. The Morgan fingerprint density at radius 3 is 2.29 bits per heavy atom. The first-order valence-electron chi connectivity index (χ1n) is 9.75. The van der Waals surface area contributed by atoms with Crippen LogP contribution in [0.5, 0.6) is 23.0 Å². The smallest absolute Gasteiger partial charge is 0.343 e. The summed E-state index contributed by atoms with van der Waals surface area (Å²) in [4.78, 5) is 24.8. The molecular weight excluding hydrogens is 396 g/mol. The number of esters is 1. The molecule has 0 atom stereocenters. The van der Waals surface area contributed by atoms with Gasteiger partial charge >= 0.3 is 5.97 Å².